The molecule has 0 radical (unpaired) electrons. The van der Waals surface area contributed by atoms with E-state index in [0.717, 1.165) is 46.2 Å². The van der Waals surface area contributed by atoms with Crippen molar-refractivity contribution >= 4 is 11.5 Å². The molecule has 0 fully saturated rings. The Morgan fingerprint density at radius 3 is 2.65 bits per heavy atom. The fourth-order valence-corrected chi connectivity index (χ4v) is 3.93. The fraction of sp³-hybridized carbons (Fsp3) is 0.375. The van der Waals surface area contributed by atoms with E-state index in [4.69, 9.17) is 24.4 Å². The van der Waals surface area contributed by atoms with Gasteiger partial charge >= 0.3 is 0 Å². The minimum absolute atomic E-state index is 0.0975. The van der Waals surface area contributed by atoms with E-state index >= 15 is 0 Å². The van der Waals surface area contributed by atoms with E-state index < -0.39 is 0 Å². The average molecular weight is 424 g/mol. The van der Waals surface area contributed by atoms with Gasteiger partial charge in [0.15, 0.2) is 17.3 Å². The first-order valence-corrected chi connectivity index (χ1v) is 10.7. The maximum atomic E-state index is 9.07. The predicted molar refractivity (Wildman–Crippen MR) is 121 cm³/mol. The molecule has 0 aliphatic heterocycles. The van der Waals surface area contributed by atoms with Crippen LogP contribution < -0.4 is 19.5 Å². The summed E-state index contributed by atoms with van der Waals surface area (Å²) in [6.45, 7) is 5.66. The highest BCUT2D eigenvalue weighted by molar-refractivity contribution is 5.82. The van der Waals surface area contributed by atoms with Crippen LogP contribution in [0.4, 0.5) is 11.5 Å². The number of ether oxygens (including phenoxy) is 3. The normalized spacial score (nSPS) is 11.7. The summed E-state index contributed by atoms with van der Waals surface area (Å²) < 4.78 is 19.2. The highest BCUT2D eigenvalue weighted by Gasteiger charge is 2.29. The number of aryl methyl sites for hydroxylation is 1. The minimum Gasteiger partial charge on any atom is -0.494 e. The van der Waals surface area contributed by atoms with Gasteiger partial charge in [-0.3, -0.25) is 4.68 Å². The molecule has 1 heterocycles. The van der Waals surface area contributed by atoms with Crippen LogP contribution in [0.3, 0.4) is 0 Å². The van der Waals surface area contributed by atoms with Gasteiger partial charge in [-0.05, 0) is 43.7 Å². The van der Waals surface area contributed by atoms with Gasteiger partial charge in [-0.2, -0.15) is 5.10 Å². The molecule has 0 saturated carbocycles. The third-order valence-electron chi connectivity index (χ3n) is 5.20. The van der Waals surface area contributed by atoms with Gasteiger partial charge in [0.05, 0.1) is 25.5 Å². The van der Waals surface area contributed by atoms with Crippen LogP contribution in [-0.2, 0) is 13.5 Å². The summed E-state index contributed by atoms with van der Waals surface area (Å²) in [6.07, 6.45) is 1.34. The molecule has 1 aromatic heterocycles. The first-order chi connectivity index (χ1) is 15.1. The number of nitrogens with one attached hydrogen (secondary N) is 1. The van der Waals surface area contributed by atoms with E-state index in [0.29, 0.717) is 32.0 Å². The van der Waals surface area contributed by atoms with Crippen LogP contribution in [0.2, 0.25) is 0 Å². The number of benzene rings is 2. The van der Waals surface area contributed by atoms with Crippen LogP contribution >= 0.6 is 0 Å². The Morgan fingerprint density at radius 2 is 1.87 bits per heavy atom. The number of aliphatic hydroxyl groups is 1. The molecule has 7 heteroatoms. The summed E-state index contributed by atoms with van der Waals surface area (Å²) in [6, 6.07) is 12.0. The molecule has 4 rings (SSSR count). The van der Waals surface area contributed by atoms with Crippen LogP contribution in [0.25, 0.3) is 11.3 Å². The molecule has 2 aromatic carbocycles. The third kappa shape index (κ3) is 4.32. The molecule has 0 saturated heterocycles. The Hall–Kier alpha value is -3.19. The van der Waals surface area contributed by atoms with Gasteiger partial charge in [-0.1, -0.05) is 6.07 Å². The van der Waals surface area contributed by atoms with Crippen LogP contribution in [0.15, 0.2) is 36.4 Å². The zero-order chi connectivity index (χ0) is 21.8. The summed E-state index contributed by atoms with van der Waals surface area (Å²) in [5.74, 6) is 3.10. The molecule has 0 amide bonds. The van der Waals surface area contributed by atoms with Gasteiger partial charge in [0.1, 0.15) is 5.75 Å². The smallest absolute Gasteiger partial charge is 0.161 e. The van der Waals surface area contributed by atoms with Crippen molar-refractivity contribution < 1.29 is 19.3 Å². The molecule has 31 heavy (non-hydrogen) atoms. The van der Waals surface area contributed by atoms with Crippen LogP contribution in [-0.4, -0.2) is 41.3 Å². The first-order valence-electron chi connectivity index (χ1n) is 10.7. The zero-order valence-electron chi connectivity index (χ0n) is 18.3. The number of anilines is 2. The van der Waals surface area contributed by atoms with E-state index in [2.05, 4.69) is 11.4 Å². The zero-order valence-corrected chi connectivity index (χ0v) is 18.3. The lowest BCUT2D eigenvalue weighted by atomic mass is 10.1. The van der Waals surface area contributed by atoms with E-state index in [9.17, 15) is 0 Å². The number of aliphatic hydroxyl groups excluding tert-OH is 1. The molecule has 0 unspecified atom stereocenters. The highest BCUT2D eigenvalue weighted by Crippen LogP contribution is 2.45. The monoisotopic (exact) mass is 423 g/mol. The Balaban J connectivity index is 1.65. The molecule has 7 nitrogen and oxygen atoms in total. The van der Waals surface area contributed by atoms with Crippen molar-refractivity contribution in [3.05, 3.63) is 47.5 Å². The summed E-state index contributed by atoms with van der Waals surface area (Å²) in [5, 5.41) is 17.2. The summed E-state index contributed by atoms with van der Waals surface area (Å²) in [7, 11) is 1.96. The lowest BCUT2D eigenvalue weighted by Gasteiger charge is -2.14. The van der Waals surface area contributed by atoms with Crippen molar-refractivity contribution in [2.45, 2.75) is 26.7 Å². The molecule has 0 spiro atoms. The average Bonchev–Trinajstić information content (AvgIpc) is 3.26. The molecule has 1 aliphatic rings. The second kappa shape index (κ2) is 9.31. The van der Waals surface area contributed by atoms with Gasteiger partial charge in [-0.25, -0.2) is 0 Å². The van der Waals surface area contributed by atoms with Crippen molar-refractivity contribution in [2.24, 2.45) is 7.05 Å². The van der Waals surface area contributed by atoms with Gasteiger partial charge in [0, 0.05) is 49.4 Å². The lowest BCUT2D eigenvalue weighted by Crippen LogP contribution is -2.04. The molecule has 2 N–H and O–H groups in total. The first kappa shape index (κ1) is 21.1. The maximum Gasteiger partial charge on any atom is 0.161 e. The van der Waals surface area contributed by atoms with Gasteiger partial charge in [0.25, 0.3) is 0 Å². The largest absolute Gasteiger partial charge is 0.494 e. The van der Waals surface area contributed by atoms with Crippen LogP contribution in [0.5, 0.6) is 17.2 Å². The molecular weight excluding hydrogens is 394 g/mol. The number of nitrogens with zero attached hydrogens (tertiary/aromatic N) is 2. The number of aromatic nitrogens is 2. The molecule has 0 atom stereocenters. The quantitative estimate of drug-likeness (QED) is 0.371. The Kier molecular flexibility index (Phi) is 6.32. The SMILES string of the molecule is CCOc1cccc(Nc2nn(C)c3c2Cc2cc(OCC)c(OCCCO)cc2-3)c1. The van der Waals surface area contributed by atoms with Crippen molar-refractivity contribution in [1.29, 1.82) is 0 Å². The van der Waals surface area contributed by atoms with Gasteiger partial charge in [-0.15, -0.1) is 0 Å². The third-order valence-corrected chi connectivity index (χ3v) is 5.20. The number of rotatable bonds is 10. The van der Waals surface area contributed by atoms with Crippen LogP contribution in [0, 0.1) is 0 Å². The van der Waals surface area contributed by atoms with Gasteiger partial charge < -0.3 is 24.6 Å². The van der Waals surface area contributed by atoms with E-state index in [1.807, 2.05) is 55.9 Å². The van der Waals surface area contributed by atoms with Crippen LogP contribution in [0.1, 0.15) is 31.4 Å². The van der Waals surface area contributed by atoms with Gasteiger partial charge in [0.2, 0.25) is 0 Å². The molecular formula is C24H29N3O4. The Morgan fingerprint density at radius 1 is 1.06 bits per heavy atom. The van der Waals surface area contributed by atoms with Crippen molar-refractivity contribution in [2.75, 3.05) is 31.7 Å². The molecule has 164 valence electrons. The van der Waals surface area contributed by atoms with Crippen molar-refractivity contribution in [3.8, 4) is 28.5 Å². The Labute approximate surface area is 182 Å². The van der Waals surface area contributed by atoms with E-state index in [1.165, 1.54) is 5.56 Å². The lowest BCUT2D eigenvalue weighted by molar-refractivity contribution is 0.225. The second-order valence-corrected chi connectivity index (χ2v) is 7.38. The summed E-state index contributed by atoms with van der Waals surface area (Å²) in [4.78, 5) is 0. The number of hydrogen-bond acceptors (Lipinski definition) is 6. The second-order valence-electron chi connectivity index (χ2n) is 7.38. The molecule has 0 bridgehead atoms. The Bertz CT molecular complexity index is 1060. The van der Waals surface area contributed by atoms with E-state index in [-0.39, 0.29) is 6.61 Å². The molecule has 3 aromatic rings. The summed E-state index contributed by atoms with van der Waals surface area (Å²) in [5.41, 5.74) is 5.45. The number of hydrogen-bond donors (Lipinski definition) is 2. The topological polar surface area (TPSA) is 77.8 Å². The van der Waals surface area contributed by atoms with E-state index in [1.54, 1.807) is 0 Å². The fourth-order valence-electron chi connectivity index (χ4n) is 3.93. The highest BCUT2D eigenvalue weighted by atomic mass is 16.5. The molecule has 1 aliphatic carbocycles. The predicted octanol–water partition coefficient (Wildman–Crippen LogP) is 4.29. The summed E-state index contributed by atoms with van der Waals surface area (Å²) >= 11 is 0. The number of fused-ring (bicyclic) bond motifs is 3. The maximum absolute atomic E-state index is 9.07. The van der Waals surface area contributed by atoms with Crippen molar-refractivity contribution in [3.63, 3.8) is 0 Å². The van der Waals surface area contributed by atoms with Crippen molar-refractivity contribution in [1.82, 2.24) is 9.78 Å². The standard InChI is InChI=1S/C24H29N3O4/c1-4-29-18-9-6-8-17(14-18)25-24-20-12-16-13-21(30-5-2)22(31-11-7-10-28)15-19(16)23(20)27(3)26-24/h6,8-9,13-15,28H,4-5,7,10-12H2,1-3H3,(H,25,26). The minimum atomic E-state index is 0.0975.